The normalized spacial score (nSPS) is 14.3. The molecule has 0 N–H and O–H groups in total. The minimum atomic E-state index is -0.379. The number of hydrogen-bond acceptors (Lipinski definition) is 6. The zero-order valence-electron chi connectivity index (χ0n) is 27.1. The third-order valence-corrected chi connectivity index (χ3v) is 9.23. The van der Waals surface area contributed by atoms with Crippen molar-refractivity contribution >= 4 is 44.6 Å². The Hall–Kier alpha value is -5.39. The fourth-order valence-corrected chi connectivity index (χ4v) is 6.91. The fourth-order valence-electron chi connectivity index (χ4n) is 6.91. The third-order valence-electron chi connectivity index (χ3n) is 9.23. The van der Waals surface area contributed by atoms with E-state index in [0.717, 1.165) is 67.4 Å². The van der Waals surface area contributed by atoms with Crippen LogP contribution in [0.4, 0.5) is 22.7 Å². The van der Waals surface area contributed by atoms with E-state index in [4.69, 9.17) is 14.7 Å². The van der Waals surface area contributed by atoms with Gasteiger partial charge in [-0.15, -0.1) is 41.4 Å². The average molecular weight is 819 g/mol. The molecule has 0 radical (unpaired) electrons. The molecule has 5 heterocycles. The Morgan fingerprint density at radius 3 is 2.41 bits per heavy atom. The number of rotatable bonds is 5. The standard InChI is InChI=1S/C41H31N6O.Pt/c1-41(2)33-14-5-7-16-37(33)48-39-35(20-22-43-40(39)41)46(29-12-10-11-28(25-29)45-24-23-44(3)27-45)30-18-19-32-31-13-4-6-15-34(31)47(36(32)26-30)38-17-8-9-21-42-38;/h4-24,27H,1-3H3;/q-3;. The molecular weight excluding hydrogens is 788 g/mol. The quantitative estimate of drug-likeness (QED) is 0.162. The summed E-state index contributed by atoms with van der Waals surface area (Å²) in [6.45, 7) is 6.44. The van der Waals surface area contributed by atoms with Gasteiger partial charge >= 0.3 is 0 Å². The van der Waals surface area contributed by atoms with Gasteiger partial charge in [-0.2, -0.15) is 18.8 Å². The molecule has 7 nitrogen and oxygen atoms in total. The van der Waals surface area contributed by atoms with Crippen LogP contribution in [0.15, 0.2) is 128 Å². The van der Waals surface area contributed by atoms with Crippen LogP contribution in [0.3, 0.4) is 0 Å². The molecule has 0 spiro atoms. The smallest absolute Gasteiger partial charge is 0.173 e. The molecular formula is C41H31N6OPt-3. The van der Waals surface area contributed by atoms with Crippen LogP contribution < -0.4 is 14.5 Å². The van der Waals surface area contributed by atoms with Crippen molar-refractivity contribution in [1.82, 2.24) is 19.4 Å². The molecule has 0 bridgehead atoms. The number of ether oxygens (including phenoxy) is 1. The van der Waals surface area contributed by atoms with E-state index in [-0.39, 0.29) is 26.5 Å². The summed E-state index contributed by atoms with van der Waals surface area (Å²) in [6.07, 6.45) is 7.75. The Bertz CT molecular complexity index is 2380. The number of hydrogen-bond donors (Lipinski definition) is 0. The SMILES string of the molecule is CN1C=CN(c2[c-]c(N(c3[c-]c4c(cc3)c3ccccc3n4-c3ccccn3)c3ccnc4c3Oc3ccccc3C4(C)C)ccc2)[CH-]1.[Pt]. The van der Waals surface area contributed by atoms with Crippen LogP contribution in [0.25, 0.3) is 27.6 Å². The van der Waals surface area contributed by atoms with Gasteiger partial charge in [-0.25, -0.2) is 4.98 Å². The summed E-state index contributed by atoms with van der Waals surface area (Å²) in [5.74, 6) is 2.38. The third kappa shape index (κ3) is 4.99. The van der Waals surface area contributed by atoms with Crippen molar-refractivity contribution in [2.75, 3.05) is 16.8 Å². The van der Waals surface area contributed by atoms with Gasteiger partial charge in [-0.3, -0.25) is 4.98 Å². The summed E-state index contributed by atoms with van der Waals surface area (Å²) >= 11 is 0. The Labute approximate surface area is 300 Å². The van der Waals surface area contributed by atoms with Crippen LogP contribution in [0.1, 0.15) is 25.1 Å². The maximum absolute atomic E-state index is 6.76. The van der Waals surface area contributed by atoms with Crippen molar-refractivity contribution in [3.63, 3.8) is 0 Å². The Balaban J connectivity index is 0.00000348. The van der Waals surface area contributed by atoms with Crippen molar-refractivity contribution in [3.05, 3.63) is 158 Å². The number of nitrogens with zero attached hydrogens (tertiary/aromatic N) is 6. The van der Waals surface area contributed by atoms with E-state index in [1.807, 2.05) is 79.8 Å². The van der Waals surface area contributed by atoms with Gasteiger partial charge in [0.1, 0.15) is 11.6 Å². The van der Waals surface area contributed by atoms with E-state index in [0.29, 0.717) is 5.75 Å². The van der Waals surface area contributed by atoms with Gasteiger partial charge in [0.15, 0.2) is 5.75 Å². The fraction of sp³-hybridized carbons (Fsp3) is 0.0976. The summed E-state index contributed by atoms with van der Waals surface area (Å²) in [7, 11) is 2.01. The molecule has 4 aromatic carbocycles. The van der Waals surface area contributed by atoms with Crippen molar-refractivity contribution in [1.29, 1.82) is 0 Å². The molecule has 244 valence electrons. The molecule has 9 rings (SSSR count). The minimum Gasteiger partial charge on any atom is -0.510 e. The summed E-state index contributed by atoms with van der Waals surface area (Å²) in [5.41, 5.74) is 7.05. The Kier molecular flexibility index (Phi) is 7.53. The molecule has 0 saturated carbocycles. The zero-order chi connectivity index (χ0) is 32.4. The second-order valence-corrected chi connectivity index (χ2v) is 12.6. The summed E-state index contributed by atoms with van der Waals surface area (Å²) < 4.78 is 8.94. The van der Waals surface area contributed by atoms with Gasteiger partial charge in [-0.1, -0.05) is 59.4 Å². The summed E-state index contributed by atoms with van der Waals surface area (Å²) in [4.78, 5) is 15.9. The van der Waals surface area contributed by atoms with Gasteiger partial charge in [0.25, 0.3) is 0 Å². The van der Waals surface area contributed by atoms with Crippen LogP contribution in [0.2, 0.25) is 0 Å². The van der Waals surface area contributed by atoms with Crippen molar-refractivity contribution in [2.24, 2.45) is 0 Å². The maximum atomic E-state index is 6.76. The Morgan fingerprint density at radius 1 is 0.755 bits per heavy atom. The Morgan fingerprint density at radius 2 is 1.57 bits per heavy atom. The van der Waals surface area contributed by atoms with E-state index >= 15 is 0 Å². The van der Waals surface area contributed by atoms with Crippen molar-refractivity contribution in [3.8, 4) is 17.3 Å². The number of benzene rings is 4. The van der Waals surface area contributed by atoms with Gasteiger partial charge < -0.3 is 24.0 Å². The molecule has 0 atom stereocenters. The van der Waals surface area contributed by atoms with Crippen molar-refractivity contribution in [2.45, 2.75) is 19.3 Å². The second-order valence-electron chi connectivity index (χ2n) is 12.6. The molecule has 2 aliphatic heterocycles. The van der Waals surface area contributed by atoms with Crippen LogP contribution in [0.5, 0.6) is 11.5 Å². The number of fused-ring (bicyclic) bond motifs is 5. The molecule has 0 fully saturated rings. The van der Waals surface area contributed by atoms with Crippen molar-refractivity contribution < 1.29 is 25.8 Å². The topological polar surface area (TPSA) is 49.7 Å². The summed E-state index contributed by atoms with van der Waals surface area (Å²) in [5, 5.41) is 2.24. The monoisotopic (exact) mass is 818 g/mol. The van der Waals surface area contributed by atoms with E-state index in [2.05, 4.69) is 107 Å². The molecule has 0 unspecified atom stereocenters. The first-order chi connectivity index (χ1) is 23.5. The first-order valence-electron chi connectivity index (χ1n) is 16.0. The van der Waals surface area contributed by atoms with E-state index < -0.39 is 0 Å². The molecule has 49 heavy (non-hydrogen) atoms. The molecule has 2 aliphatic rings. The molecule has 0 saturated heterocycles. The van der Waals surface area contributed by atoms with Crippen LogP contribution in [-0.2, 0) is 26.5 Å². The number of pyridine rings is 2. The van der Waals surface area contributed by atoms with Gasteiger partial charge in [0.2, 0.25) is 0 Å². The van der Waals surface area contributed by atoms with Crippen LogP contribution >= 0.6 is 0 Å². The molecule has 7 aromatic rings. The first-order valence-corrected chi connectivity index (χ1v) is 16.0. The predicted octanol–water partition coefficient (Wildman–Crippen LogP) is 9.42. The first kappa shape index (κ1) is 30.9. The largest absolute Gasteiger partial charge is 0.510 e. The second kappa shape index (κ2) is 11.9. The molecule has 3 aromatic heterocycles. The number of para-hydroxylation sites is 2. The molecule has 0 aliphatic carbocycles. The summed E-state index contributed by atoms with van der Waals surface area (Å²) in [6, 6.07) is 42.7. The van der Waals surface area contributed by atoms with E-state index in [1.165, 1.54) is 0 Å². The van der Waals surface area contributed by atoms with Crippen LogP contribution in [0, 0.1) is 18.8 Å². The minimum absolute atomic E-state index is 0. The van der Waals surface area contributed by atoms with Gasteiger partial charge in [0.05, 0.1) is 11.4 Å². The average Bonchev–Trinajstić information content (AvgIpc) is 3.70. The van der Waals surface area contributed by atoms with Gasteiger partial charge in [-0.05, 0) is 69.0 Å². The predicted molar refractivity (Wildman–Crippen MR) is 191 cm³/mol. The molecule has 0 amide bonds. The maximum Gasteiger partial charge on any atom is 0.173 e. The number of aromatic nitrogens is 3. The van der Waals surface area contributed by atoms with Crippen LogP contribution in [-0.4, -0.2) is 26.5 Å². The van der Waals surface area contributed by atoms with E-state index in [9.17, 15) is 0 Å². The molecule has 8 heteroatoms. The zero-order valence-corrected chi connectivity index (χ0v) is 29.4. The van der Waals surface area contributed by atoms with Gasteiger partial charge in [0, 0.05) is 50.0 Å². The van der Waals surface area contributed by atoms with E-state index in [1.54, 1.807) is 0 Å². The number of anilines is 4.